The van der Waals surface area contributed by atoms with E-state index in [4.69, 9.17) is 10.8 Å². The minimum atomic E-state index is -0.968. The van der Waals surface area contributed by atoms with Gasteiger partial charge < -0.3 is 10.8 Å². The fourth-order valence-electron chi connectivity index (χ4n) is 2.20. The summed E-state index contributed by atoms with van der Waals surface area (Å²) in [5, 5.41) is 11.2. The van der Waals surface area contributed by atoms with E-state index in [0.29, 0.717) is 13.1 Å². The summed E-state index contributed by atoms with van der Waals surface area (Å²) in [7, 11) is 1.88. The molecule has 4 nitrogen and oxygen atoms in total. The quantitative estimate of drug-likeness (QED) is 0.856. The van der Waals surface area contributed by atoms with Crippen LogP contribution in [0.2, 0.25) is 0 Å². The van der Waals surface area contributed by atoms with Gasteiger partial charge in [0, 0.05) is 13.1 Å². The number of hydrogen-bond donors (Lipinski definition) is 2. The summed E-state index contributed by atoms with van der Waals surface area (Å²) in [4.78, 5) is 12.7. The number of aliphatic carboxylic acids is 1. The maximum atomic E-state index is 10.7. The zero-order valence-electron chi connectivity index (χ0n) is 10.9. The van der Waals surface area contributed by atoms with E-state index in [1.54, 1.807) is 0 Å². The van der Waals surface area contributed by atoms with Crippen molar-refractivity contribution in [3.8, 4) is 0 Å². The van der Waals surface area contributed by atoms with Crippen LogP contribution in [0.3, 0.4) is 0 Å². The SMILES string of the molecule is CN(Cc1cccc2ccccc12)CC(N)C(=O)O. The molecule has 3 N–H and O–H groups in total. The Morgan fingerprint density at radius 2 is 1.95 bits per heavy atom. The molecule has 4 heteroatoms. The summed E-state index contributed by atoms with van der Waals surface area (Å²) in [6.45, 7) is 1.01. The fourth-order valence-corrected chi connectivity index (χ4v) is 2.20. The fraction of sp³-hybridized carbons (Fsp3) is 0.267. The second-order valence-electron chi connectivity index (χ2n) is 4.78. The van der Waals surface area contributed by atoms with Crippen molar-refractivity contribution in [2.45, 2.75) is 12.6 Å². The summed E-state index contributed by atoms with van der Waals surface area (Å²) in [6.07, 6.45) is 0. The summed E-state index contributed by atoms with van der Waals surface area (Å²) in [6, 6.07) is 13.5. The lowest BCUT2D eigenvalue weighted by Gasteiger charge is -2.19. The Bertz CT molecular complexity index is 578. The highest BCUT2D eigenvalue weighted by Gasteiger charge is 2.14. The van der Waals surface area contributed by atoms with Gasteiger partial charge >= 0.3 is 5.97 Å². The van der Waals surface area contributed by atoms with Crippen molar-refractivity contribution in [2.24, 2.45) is 5.73 Å². The average molecular weight is 258 g/mol. The minimum absolute atomic E-state index is 0.332. The molecular formula is C15H18N2O2. The number of hydrogen-bond acceptors (Lipinski definition) is 3. The highest BCUT2D eigenvalue weighted by atomic mass is 16.4. The first-order valence-corrected chi connectivity index (χ1v) is 6.21. The molecule has 0 amide bonds. The smallest absolute Gasteiger partial charge is 0.321 e. The Morgan fingerprint density at radius 3 is 2.68 bits per heavy atom. The van der Waals surface area contributed by atoms with Gasteiger partial charge in [0.2, 0.25) is 0 Å². The molecule has 19 heavy (non-hydrogen) atoms. The molecule has 0 heterocycles. The van der Waals surface area contributed by atoms with Gasteiger partial charge in [-0.3, -0.25) is 9.69 Å². The van der Waals surface area contributed by atoms with Gasteiger partial charge in [-0.2, -0.15) is 0 Å². The third-order valence-electron chi connectivity index (χ3n) is 3.15. The number of carboxylic acid groups (broad SMARTS) is 1. The van der Waals surface area contributed by atoms with Crippen LogP contribution in [0.25, 0.3) is 10.8 Å². The Morgan fingerprint density at radius 1 is 1.26 bits per heavy atom. The molecule has 0 spiro atoms. The van der Waals surface area contributed by atoms with Crippen LogP contribution in [-0.2, 0) is 11.3 Å². The predicted molar refractivity (Wildman–Crippen MR) is 75.9 cm³/mol. The van der Waals surface area contributed by atoms with E-state index in [1.807, 2.05) is 30.1 Å². The predicted octanol–water partition coefficient (Wildman–Crippen LogP) is 1.68. The van der Waals surface area contributed by atoms with Gasteiger partial charge in [0.05, 0.1) is 0 Å². The lowest BCUT2D eigenvalue weighted by molar-refractivity contribution is -0.138. The van der Waals surface area contributed by atoms with Crippen LogP contribution in [0.5, 0.6) is 0 Å². The molecule has 0 aliphatic carbocycles. The van der Waals surface area contributed by atoms with Gasteiger partial charge in [-0.15, -0.1) is 0 Å². The molecule has 0 aromatic heterocycles. The van der Waals surface area contributed by atoms with E-state index in [-0.39, 0.29) is 0 Å². The first kappa shape index (κ1) is 13.5. The van der Waals surface area contributed by atoms with Crippen molar-refractivity contribution in [1.29, 1.82) is 0 Å². The third kappa shape index (κ3) is 3.30. The third-order valence-corrected chi connectivity index (χ3v) is 3.15. The van der Waals surface area contributed by atoms with Gasteiger partial charge in [0.25, 0.3) is 0 Å². The molecule has 2 rings (SSSR count). The van der Waals surface area contributed by atoms with Crippen molar-refractivity contribution < 1.29 is 9.90 Å². The maximum absolute atomic E-state index is 10.7. The first-order valence-electron chi connectivity index (χ1n) is 6.21. The Kier molecular flexibility index (Phi) is 4.14. The zero-order chi connectivity index (χ0) is 13.8. The summed E-state index contributed by atoms with van der Waals surface area (Å²) in [5.74, 6) is -0.968. The van der Waals surface area contributed by atoms with Crippen molar-refractivity contribution in [1.82, 2.24) is 4.90 Å². The van der Waals surface area contributed by atoms with Gasteiger partial charge in [0.1, 0.15) is 6.04 Å². The summed E-state index contributed by atoms with van der Waals surface area (Å²) >= 11 is 0. The molecule has 2 aromatic rings. The molecule has 2 aromatic carbocycles. The number of rotatable bonds is 5. The molecule has 100 valence electrons. The van der Waals surface area contributed by atoms with E-state index in [9.17, 15) is 4.79 Å². The van der Waals surface area contributed by atoms with Crippen LogP contribution in [-0.4, -0.2) is 35.6 Å². The van der Waals surface area contributed by atoms with Crippen LogP contribution in [0.15, 0.2) is 42.5 Å². The van der Waals surface area contributed by atoms with Crippen molar-refractivity contribution in [3.63, 3.8) is 0 Å². The molecule has 0 saturated heterocycles. The van der Waals surface area contributed by atoms with Gasteiger partial charge in [-0.25, -0.2) is 0 Å². The molecule has 0 aliphatic heterocycles. The number of nitrogens with two attached hydrogens (primary N) is 1. The van der Waals surface area contributed by atoms with Crippen LogP contribution in [0.4, 0.5) is 0 Å². The molecule has 0 saturated carbocycles. The molecule has 0 radical (unpaired) electrons. The van der Waals surface area contributed by atoms with Gasteiger partial charge in [-0.05, 0) is 23.4 Å². The molecular weight excluding hydrogens is 240 g/mol. The van der Waals surface area contributed by atoms with Crippen LogP contribution < -0.4 is 5.73 Å². The summed E-state index contributed by atoms with van der Waals surface area (Å²) < 4.78 is 0. The first-order chi connectivity index (χ1) is 9.08. The van der Waals surface area contributed by atoms with Gasteiger partial charge in [-0.1, -0.05) is 42.5 Å². The molecule has 1 atom stereocenters. The van der Waals surface area contributed by atoms with Crippen LogP contribution >= 0.6 is 0 Å². The topological polar surface area (TPSA) is 66.6 Å². The standard InChI is InChI=1S/C15H18N2O2/c1-17(10-14(16)15(18)19)9-12-7-4-6-11-5-2-3-8-13(11)12/h2-8,14H,9-10,16H2,1H3,(H,18,19). The Labute approximate surface area is 112 Å². The number of likely N-dealkylation sites (N-methyl/N-ethyl adjacent to an activating group) is 1. The van der Waals surface area contributed by atoms with E-state index in [0.717, 1.165) is 0 Å². The Hall–Kier alpha value is -1.91. The number of carbonyl (C=O) groups is 1. The molecule has 0 fully saturated rings. The maximum Gasteiger partial charge on any atom is 0.321 e. The van der Waals surface area contributed by atoms with Crippen molar-refractivity contribution >= 4 is 16.7 Å². The molecule has 1 unspecified atom stereocenters. The molecule has 0 bridgehead atoms. The monoisotopic (exact) mass is 258 g/mol. The van der Waals surface area contributed by atoms with Crippen LogP contribution in [0, 0.1) is 0 Å². The van der Waals surface area contributed by atoms with E-state index in [1.165, 1.54) is 16.3 Å². The second kappa shape index (κ2) is 5.82. The normalized spacial score (nSPS) is 12.8. The Balaban J connectivity index is 2.15. The highest BCUT2D eigenvalue weighted by Crippen LogP contribution is 2.19. The minimum Gasteiger partial charge on any atom is -0.480 e. The van der Waals surface area contributed by atoms with Crippen molar-refractivity contribution in [2.75, 3.05) is 13.6 Å². The van der Waals surface area contributed by atoms with Crippen molar-refractivity contribution in [3.05, 3.63) is 48.0 Å². The van der Waals surface area contributed by atoms with Gasteiger partial charge in [0.15, 0.2) is 0 Å². The number of carboxylic acids is 1. The largest absolute Gasteiger partial charge is 0.480 e. The lowest BCUT2D eigenvalue weighted by Crippen LogP contribution is -2.40. The van der Waals surface area contributed by atoms with E-state index < -0.39 is 12.0 Å². The average Bonchev–Trinajstić information content (AvgIpc) is 2.39. The van der Waals surface area contributed by atoms with E-state index >= 15 is 0 Å². The molecule has 0 aliphatic rings. The summed E-state index contributed by atoms with van der Waals surface area (Å²) in [5.41, 5.74) is 6.72. The highest BCUT2D eigenvalue weighted by molar-refractivity contribution is 5.85. The number of benzene rings is 2. The number of nitrogens with zero attached hydrogens (tertiary/aromatic N) is 1. The van der Waals surface area contributed by atoms with E-state index in [2.05, 4.69) is 24.3 Å². The number of fused-ring (bicyclic) bond motifs is 1. The zero-order valence-corrected chi connectivity index (χ0v) is 10.9. The lowest BCUT2D eigenvalue weighted by atomic mass is 10.0. The van der Waals surface area contributed by atoms with Crippen LogP contribution in [0.1, 0.15) is 5.56 Å². The second-order valence-corrected chi connectivity index (χ2v) is 4.78.